The molecule has 0 aliphatic carbocycles. The average molecular weight is 319 g/mol. The first-order chi connectivity index (χ1) is 11.3. The van der Waals surface area contributed by atoms with Gasteiger partial charge in [-0.3, -0.25) is 14.8 Å². The van der Waals surface area contributed by atoms with Crippen LogP contribution in [0.2, 0.25) is 0 Å². The summed E-state index contributed by atoms with van der Waals surface area (Å²) in [5.74, 6) is 0. The minimum absolute atomic E-state index is 0.472. The third kappa shape index (κ3) is 6.21. The highest BCUT2D eigenvalue weighted by Gasteiger charge is 2.23. The quantitative estimate of drug-likeness (QED) is 0.719. The maximum Gasteiger partial charge on any atom is 0.0490 e. The molecule has 0 spiro atoms. The van der Waals surface area contributed by atoms with Crippen LogP contribution in [0.4, 0.5) is 0 Å². The van der Waals surface area contributed by atoms with Crippen LogP contribution in [0.1, 0.15) is 51.1 Å². The Kier molecular flexibility index (Phi) is 8.58. The molecule has 130 valence electrons. The zero-order valence-electron chi connectivity index (χ0n) is 15.0. The monoisotopic (exact) mass is 318 g/mol. The predicted molar refractivity (Wildman–Crippen MR) is 97.7 cm³/mol. The van der Waals surface area contributed by atoms with Crippen molar-refractivity contribution in [2.24, 2.45) is 0 Å². The summed E-state index contributed by atoms with van der Waals surface area (Å²) in [6.45, 7) is 12.6. The van der Waals surface area contributed by atoms with Crippen molar-refractivity contribution >= 4 is 0 Å². The van der Waals surface area contributed by atoms with Gasteiger partial charge in [0, 0.05) is 51.2 Å². The summed E-state index contributed by atoms with van der Waals surface area (Å²) in [4.78, 5) is 9.69. The highest BCUT2D eigenvalue weighted by Crippen LogP contribution is 2.23. The van der Waals surface area contributed by atoms with Crippen LogP contribution in [0.25, 0.3) is 0 Å². The fourth-order valence-corrected chi connectivity index (χ4v) is 3.29. The second-order valence-electron chi connectivity index (χ2n) is 6.60. The number of unbranched alkanes of at least 4 members (excludes halogenated alkanes) is 2. The lowest BCUT2D eigenvalue weighted by molar-refractivity contribution is 0.126. The second kappa shape index (κ2) is 10.7. The van der Waals surface area contributed by atoms with Gasteiger partial charge in [0.2, 0.25) is 0 Å². The number of aromatic nitrogens is 1. The van der Waals surface area contributed by atoms with Crippen molar-refractivity contribution in [3.05, 3.63) is 30.1 Å². The number of nitrogens with zero attached hydrogens (tertiary/aromatic N) is 3. The zero-order valence-corrected chi connectivity index (χ0v) is 15.0. The van der Waals surface area contributed by atoms with Crippen molar-refractivity contribution in [3.8, 4) is 0 Å². The molecule has 1 unspecified atom stereocenters. The molecule has 1 aromatic heterocycles. The molecule has 1 aromatic rings. The Hall–Kier alpha value is -0.970. The number of hydrogen-bond donors (Lipinski definition) is 1. The molecule has 0 amide bonds. The van der Waals surface area contributed by atoms with Gasteiger partial charge in [-0.05, 0) is 37.6 Å². The van der Waals surface area contributed by atoms with Crippen LogP contribution < -0.4 is 5.32 Å². The van der Waals surface area contributed by atoms with Gasteiger partial charge in [-0.25, -0.2) is 0 Å². The summed E-state index contributed by atoms with van der Waals surface area (Å²) in [5.41, 5.74) is 1.37. The largest absolute Gasteiger partial charge is 0.314 e. The molecular weight excluding hydrogens is 284 g/mol. The second-order valence-corrected chi connectivity index (χ2v) is 6.60. The molecule has 1 N–H and O–H groups in total. The van der Waals surface area contributed by atoms with Crippen LogP contribution in [-0.2, 0) is 0 Å². The summed E-state index contributed by atoms with van der Waals surface area (Å²) in [7, 11) is 0. The number of pyridine rings is 1. The Balaban J connectivity index is 2.11. The van der Waals surface area contributed by atoms with Crippen LogP contribution in [0.15, 0.2) is 24.5 Å². The number of hydrogen-bond acceptors (Lipinski definition) is 4. The van der Waals surface area contributed by atoms with Gasteiger partial charge in [-0.2, -0.15) is 0 Å². The van der Waals surface area contributed by atoms with Crippen molar-refractivity contribution in [1.29, 1.82) is 0 Å². The fourth-order valence-electron chi connectivity index (χ4n) is 3.29. The first-order valence-corrected chi connectivity index (χ1v) is 9.42. The first kappa shape index (κ1) is 18.4. The van der Waals surface area contributed by atoms with Gasteiger partial charge in [0.25, 0.3) is 0 Å². The molecule has 0 radical (unpaired) electrons. The van der Waals surface area contributed by atoms with E-state index in [2.05, 4.69) is 52.3 Å². The topological polar surface area (TPSA) is 31.4 Å². The minimum atomic E-state index is 0.472. The molecule has 1 atom stereocenters. The summed E-state index contributed by atoms with van der Waals surface area (Å²) in [5, 5.41) is 3.46. The van der Waals surface area contributed by atoms with Crippen LogP contribution in [0.5, 0.6) is 0 Å². The highest BCUT2D eigenvalue weighted by molar-refractivity contribution is 5.15. The molecule has 0 bridgehead atoms. The van der Waals surface area contributed by atoms with Gasteiger partial charge in [-0.15, -0.1) is 0 Å². The highest BCUT2D eigenvalue weighted by atomic mass is 15.2. The van der Waals surface area contributed by atoms with E-state index in [1.54, 1.807) is 0 Å². The zero-order chi connectivity index (χ0) is 16.3. The summed E-state index contributed by atoms with van der Waals surface area (Å²) >= 11 is 0. The molecule has 2 rings (SSSR count). The maximum atomic E-state index is 4.38. The lowest BCUT2D eigenvalue weighted by Crippen LogP contribution is -2.47. The number of nitrogens with one attached hydrogen (secondary N) is 1. The molecule has 1 fully saturated rings. The Morgan fingerprint density at radius 2 is 1.87 bits per heavy atom. The predicted octanol–water partition coefficient (Wildman–Crippen LogP) is 2.93. The van der Waals surface area contributed by atoms with Gasteiger partial charge >= 0.3 is 0 Å². The molecule has 1 aliphatic rings. The van der Waals surface area contributed by atoms with Crippen LogP contribution in [0, 0.1) is 0 Å². The van der Waals surface area contributed by atoms with E-state index in [-0.39, 0.29) is 0 Å². The Labute approximate surface area is 142 Å². The Morgan fingerprint density at radius 1 is 1.17 bits per heavy atom. The van der Waals surface area contributed by atoms with E-state index in [0.29, 0.717) is 6.04 Å². The SMILES string of the molecule is CCCCN(CCCC)C(CN1CCNCC1)c1cccnc1. The standard InChI is InChI=1S/C19H34N4/c1-3-5-12-23(13-6-4-2)19(18-8-7-9-21-16-18)17-22-14-10-20-11-15-22/h7-9,16,19-20H,3-6,10-15,17H2,1-2H3. The lowest BCUT2D eigenvalue weighted by Gasteiger charge is -2.37. The average Bonchev–Trinajstić information content (AvgIpc) is 2.62. The van der Waals surface area contributed by atoms with Crippen molar-refractivity contribution < 1.29 is 0 Å². The fraction of sp³-hybridized carbons (Fsp3) is 0.737. The van der Waals surface area contributed by atoms with Crippen LogP contribution >= 0.6 is 0 Å². The smallest absolute Gasteiger partial charge is 0.0490 e. The maximum absolute atomic E-state index is 4.38. The van der Waals surface area contributed by atoms with E-state index < -0.39 is 0 Å². The molecule has 1 aliphatic heterocycles. The van der Waals surface area contributed by atoms with Crippen molar-refractivity contribution in [2.45, 2.75) is 45.6 Å². The third-order valence-corrected chi connectivity index (χ3v) is 4.75. The molecule has 0 saturated carbocycles. The molecule has 4 nitrogen and oxygen atoms in total. The van der Waals surface area contributed by atoms with Gasteiger partial charge in [0.05, 0.1) is 0 Å². The summed E-state index contributed by atoms with van der Waals surface area (Å²) < 4.78 is 0. The normalized spacial score (nSPS) is 17.5. The van der Waals surface area contributed by atoms with Gasteiger partial charge in [-0.1, -0.05) is 32.8 Å². The van der Waals surface area contributed by atoms with E-state index in [4.69, 9.17) is 0 Å². The molecule has 0 aromatic carbocycles. The molecule has 4 heteroatoms. The van der Waals surface area contributed by atoms with Crippen molar-refractivity contribution in [1.82, 2.24) is 20.1 Å². The Morgan fingerprint density at radius 3 is 2.43 bits per heavy atom. The summed E-state index contributed by atoms with van der Waals surface area (Å²) in [6, 6.07) is 4.81. The lowest BCUT2D eigenvalue weighted by atomic mass is 10.0. The molecule has 1 saturated heterocycles. The first-order valence-electron chi connectivity index (χ1n) is 9.42. The number of piperazine rings is 1. The molecule has 23 heavy (non-hydrogen) atoms. The van der Waals surface area contributed by atoms with E-state index in [9.17, 15) is 0 Å². The third-order valence-electron chi connectivity index (χ3n) is 4.75. The van der Waals surface area contributed by atoms with Crippen LogP contribution in [0.3, 0.4) is 0 Å². The molecular formula is C19H34N4. The van der Waals surface area contributed by atoms with Crippen LogP contribution in [-0.4, -0.2) is 60.6 Å². The van der Waals surface area contributed by atoms with E-state index in [0.717, 1.165) is 32.7 Å². The van der Waals surface area contributed by atoms with Gasteiger partial charge in [0.15, 0.2) is 0 Å². The van der Waals surface area contributed by atoms with E-state index >= 15 is 0 Å². The van der Waals surface area contributed by atoms with Crippen molar-refractivity contribution in [2.75, 3.05) is 45.8 Å². The Bertz CT molecular complexity index is 395. The number of rotatable bonds is 10. The van der Waals surface area contributed by atoms with E-state index in [1.807, 2.05) is 6.20 Å². The molecule has 2 heterocycles. The van der Waals surface area contributed by atoms with Gasteiger partial charge < -0.3 is 5.32 Å². The van der Waals surface area contributed by atoms with Gasteiger partial charge in [0.1, 0.15) is 0 Å². The van der Waals surface area contributed by atoms with Crippen molar-refractivity contribution in [3.63, 3.8) is 0 Å². The minimum Gasteiger partial charge on any atom is -0.314 e. The van der Waals surface area contributed by atoms with E-state index in [1.165, 1.54) is 44.3 Å². The summed E-state index contributed by atoms with van der Waals surface area (Å²) in [6.07, 6.45) is 9.03.